The molecule has 1 aliphatic rings. The molecule has 0 bridgehead atoms. The topological polar surface area (TPSA) is 65.5 Å². The smallest absolute Gasteiger partial charge is 0.241 e. The van der Waals surface area contributed by atoms with Gasteiger partial charge < -0.3 is 14.9 Å². The number of amides is 1. The van der Waals surface area contributed by atoms with Crippen LogP contribution in [0.1, 0.15) is 12.0 Å². The van der Waals surface area contributed by atoms with Crippen LogP contribution < -0.4 is 5.73 Å². The fraction of sp³-hybridized carbons (Fsp3) is 0.167. The van der Waals surface area contributed by atoms with Gasteiger partial charge >= 0.3 is 0 Å². The SMILES string of the molecule is COC1(c2ccc3ccoc3c2)C=CC(C=CC(N)=O)=CC1. The lowest BCUT2D eigenvalue weighted by atomic mass is 9.85. The molecule has 1 amide bonds. The van der Waals surface area contributed by atoms with Gasteiger partial charge in [-0.05, 0) is 35.4 Å². The lowest BCUT2D eigenvalue weighted by Gasteiger charge is -2.31. The molecule has 2 N–H and O–H groups in total. The number of methoxy groups -OCH3 is 1. The number of rotatable bonds is 4. The van der Waals surface area contributed by atoms with Gasteiger partial charge in [0.2, 0.25) is 5.91 Å². The minimum atomic E-state index is -0.523. The van der Waals surface area contributed by atoms with Gasteiger partial charge in [0.1, 0.15) is 11.2 Å². The maximum Gasteiger partial charge on any atom is 0.241 e. The van der Waals surface area contributed by atoms with Crippen LogP contribution in [0.3, 0.4) is 0 Å². The number of primary amides is 1. The van der Waals surface area contributed by atoms with Crippen LogP contribution in [0, 0.1) is 0 Å². The number of furan rings is 1. The van der Waals surface area contributed by atoms with E-state index in [0.29, 0.717) is 6.42 Å². The van der Waals surface area contributed by atoms with Gasteiger partial charge in [-0.15, -0.1) is 0 Å². The highest BCUT2D eigenvalue weighted by Crippen LogP contribution is 2.36. The van der Waals surface area contributed by atoms with E-state index in [0.717, 1.165) is 22.1 Å². The van der Waals surface area contributed by atoms with E-state index < -0.39 is 11.5 Å². The summed E-state index contributed by atoms with van der Waals surface area (Å²) in [6.45, 7) is 0. The van der Waals surface area contributed by atoms with Crippen LogP contribution in [0.5, 0.6) is 0 Å². The highest BCUT2D eigenvalue weighted by molar-refractivity contribution is 5.86. The molecular formula is C18H17NO3. The summed E-state index contributed by atoms with van der Waals surface area (Å²) in [5, 5.41) is 1.07. The third-order valence-electron chi connectivity index (χ3n) is 3.94. The Morgan fingerprint density at radius 3 is 2.95 bits per heavy atom. The van der Waals surface area contributed by atoms with Crippen molar-refractivity contribution >= 4 is 16.9 Å². The van der Waals surface area contributed by atoms with Gasteiger partial charge in [-0.3, -0.25) is 4.79 Å². The number of hydrogen-bond donors (Lipinski definition) is 1. The van der Waals surface area contributed by atoms with Crippen molar-refractivity contribution < 1.29 is 13.9 Å². The molecule has 2 aromatic rings. The monoisotopic (exact) mass is 295 g/mol. The highest BCUT2D eigenvalue weighted by atomic mass is 16.5. The molecule has 3 rings (SSSR count). The third-order valence-corrected chi connectivity index (χ3v) is 3.94. The second-order valence-corrected chi connectivity index (χ2v) is 5.24. The minimum absolute atomic E-state index is 0.457. The summed E-state index contributed by atoms with van der Waals surface area (Å²) in [6, 6.07) is 8.00. The van der Waals surface area contributed by atoms with Crippen molar-refractivity contribution in [1.82, 2.24) is 0 Å². The van der Waals surface area contributed by atoms with E-state index in [-0.39, 0.29) is 0 Å². The van der Waals surface area contributed by atoms with Gasteiger partial charge in [0, 0.05) is 25.0 Å². The summed E-state index contributed by atoms with van der Waals surface area (Å²) in [6.07, 6.45) is 11.4. The fourth-order valence-corrected chi connectivity index (χ4v) is 2.64. The lowest BCUT2D eigenvalue weighted by molar-refractivity contribution is -0.113. The van der Waals surface area contributed by atoms with Gasteiger partial charge in [0.05, 0.1) is 6.26 Å². The number of benzene rings is 1. The van der Waals surface area contributed by atoms with Crippen molar-refractivity contribution in [2.75, 3.05) is 7.11 Å². The predicted molar refractivity (Wildman–Crippen MR) is 85.1 cm³/mol. The van der Waals surface area contributed by atoms with E-state index in [1.807, 2.05) is 42.5 Å². The van der Waals surface area contributed by atoms with E-state index in [2.05, 4.69) is 0 Å². The molecule has 1 aromatic heterocycles. The molecule has 0 saturated heterocycles. The van der Waals surface area contributed by atoms with E-state index >= 15 is 0 Å². The molecular weight excluding hydrogens is 278 g/mol. The number of carbonyl (C=O) groups is 1. The molecule has 1 atom stereocenters. The molecule has 1 heterocycles. The largest absolute Gasteiger partial charge is 0.464 e. The average Bonchev–Trinajstić information content (AvgIpc) is 3.01. The van der Waals surface area contributed by atoms with Crippen LogP contribution in [0.4, 0.5) is 0 Å². The molecule has 1 aliphatic carbocycles. The normalized spacial score (nSPS) is 21.4. The molecule has 0 aliphatic heterocycles. The fourth-order valence-electron chi connectivity index (χ4n) is 2.64. The van der Waals surface area contributed by atoms with E-state index in [9.17, 15) is 4.79 Å². The van der Waals surface area contributed by atoms with Gasteiger partial charge in [-0.2, -0.15) is 0 Å². The van der Waals surface area contributed by atoms with Crippen molar-refractivity contribution in [3.63, 3.8) is 0 Å². The van der Waals surface area contributed by atoms with Crippen LogP contribution in [0.15, 0.2) is 70.9 Å². The Labute approximate surface area is 128 Å². The molecule has 0 fully saturated rings. The van der Waals surface area contributed by atoms with Gasteiger partial charge in [-0.1, -0.05) is 24.3 Å². The summed E-state index contributed by atoms with van der Waals surface area (Å²) in [5.74, 6) is -0.457. The van der Waals surface area contributed by atoms with Gasteiger partial charge in [-0.25, -0.2) is 0 Å². The Hall–Kier alpha value is -2.59. The first-order valence-corrected chi connectivity index (χ1v) is 7.03. The Kier molecular flexibility index (Phi) is 3.69. The Balaban J connectivity index is 1.91. The summed E-state index contributed by atoms with van der Waals surface area (Å²) >= 11 is 0. The zero-order valence-electron chi connectivity index (χ0n) is 12.3. The van der Waals surface area contributed by atoms with Crippen LogP contribution in [0.2, 0.25) is 0 Å². The standard InChI is InChI=1S/C18H17NO3/c1-21-18(9-6-13(7-10-18)2-5-17(19)20)15-4-3-14-8-11-22-16(14)12-15/h2-9,11-12H,10H2,1H3,(H2,19,20). The molecule has 1 unspecified atom stereocenters. The summed E-state index contributed by atoms with van der Waals surface area (Å²) in [4.78, 5) is 10.8. The molecule has 4 nitrogen and oxygen atoms in total. The van der Waals surface area contributed by atoms with Crippen LogP contribution in [-0.4, -0.2) is 13.0 Å². The Morgan fingerprint density at radius 2 is 2.27 bits per heavy atom. The summed E-state index contributed by atoms with van der Waals surface area (Å²) in [5.41, 5.74) is 7.39. The van der Waals surface area contributed by atoms with Crippen LogP contribution in [0.25, 0.3) is 11.0 Å². The zero-order chi connectivity index (χ0) is 15.6. The van der Waals surface area contributed by atoms with Crippen molar-refractivity contribution in [3.8, 4) is 0 Å². The van der Waals surface area contributed by atoms with Crippen molar-refractivity contribution in [2.45, 2.75) is 12.0 Å². The number of allylic oxidation sites excluding steroid dienone is 3. The molecule has 1 aromatic carbocycles. The van der Waals surface area contributed by atoms with Gasteiger partial charge in [0.15, 0.2) is 0 Å². The van der Waals surface area contributed by atoms with Crippen molar-refractivity contribution in [1.29, 1.82) is 0 Å². The quantitative estimate of drug-likeness (QED) is 0.881. The first-order valence-electron chi connectivity index (χ1n) is 7.03. The lowest BCUT2D eigenvalue weighted by Crippen LogP contribution is -2.26. The number of ether oxygens (including phenoxy) is 1. The third kappa shape index (κ3) is 2.61. The second-order valence-electron chi connectivity index (χ2n) is 5.24. The number of nitrogens with two attached hydrogens (primary N) is 1. The molecule has 112 valence electrons. The van der Waals surface area contributed by atoms with E-state index in [4.69, 9.17) is 14.9 Å². The maximum absolute atomic E-state index is 10.8. The number of fused-ring (bicyclic) bond motifs is 1. The molecule has 4 heteroatoms. The number of carbonyl (C=O) groups excluding carboxylic acids is 1. The highest BCUT2D eigenvalue weighted by Gasteiger charge is 2.30. The molecule has 0 radical (unpaired) electrons. The van der Waals surface area contributed by atoms with Crippen LogP contribution >= 0.6 is 0 Å². The first kappa shape index (κ1) is 14.4. The van der Waals surface area contributed by atoms with Crippen molar-refractivity contribution in [2.24, 2.45) is 5.73 Å². The minimum Gasteiger partial charge on any atom is -0.464 e. The van der Waals surface area contributed by atoms with E-state index in [1.165, 1.54) is 6.08 Å². The number of hydrogen-bond acceptors (Lipinski definition) is 3. The van der Waals surface area contributed by atoms with Crippen molar-refractivity contribution in [3.05, 3.63) is 72.0 Å². The molecule has 0 spiro atoms. The molecule has 22 heavy (non-hydrogen) atoms. The van der Waals surface area contributed by atoms with E-state index in [1.54, 1.807) is 19.4 Å². The first-order chi connectivity index (χ1) is 10.6. The summed E-state index contributed by atoms with van der Waals surface area (Å²) in [7, 11) is 1.69. The zero-order valence-corrected chi connectivity index (χ0v) is 12.3. The Bertz CT molecular complexity index is 798. The maximum atomic E-state index is 10.8. The second kappa shape index (κ2) is 5.66. The predicted octanol–water partition coefficient (Wildman–Crippen LogP) is 3.20. The van der Waals surface area contributed by atoms with Crippen LogP contribution in [-0.2, 0) is 15.1 Å². The van der Waals surface area contributed by atoms with Gasteiger partial charge in [0.25, 0.3) is 0 Å². The molecule has 0 saturated carbocycles. The average molecular weight is 295 g/mol. The summed E-state index contributed by atoms with van der Waals surface area (Å²) < 4.78 is 11.2. The Morgan fingerprint density at radius 1 is 1.41 bits per heavy atom.